The zero-order valence-electron chi connectivity index (χ0n) is 8.06. The van der Waals surface area contributed by atoms with Crippen molar-refractivity contribution in [1.29, 1.82) is 0 Å². The van der Waals surface area contributed by atoms with Crippen molar-refractivity contribution in [3.05, 3.63) is 69.1 Å². The van der Waals surface area contributed by atoms with Gasteiger partial charge in [-0.3, -0.25) is 4.79 Å². The Hall–Kier alpha value is -1.35. The molecule has 0 radical (unpaired) electrons. The molecule has 1 aromatic heterocycles. The van der Waals surface area contributed by atoms with E-state index in [0.29, 0.717) is 4.47 Å². The van der Waals surface area contributed by atoms with E-state index in [-0.39, 0.29) is 5.43 Å². The van der Waals surface area contributed by atoms with Gasteiger partial charge >= 0.3 is 0 Å². The highest BCUT2D eigenvalue weighted by Crippen LogP contribution is 2.05. The summed E-state index contributed by atoms with van der Waals surface area (Å²) in [5.41, 5.74) is 1.23. The molecule has 2 nitrogen and oxygen atoms in total. The molecule has 1 heterocycles. The van der Waals surface area contributed by atoms with E-state index >= 15 is 0 Å². The molecule has 1 aromatic carbocycles. The minimum atomic E-state index is 0.0133. The quantitative estimate of drug-likeness (QED) is 0.817. The number of rotatable bonds is 2. The highest BCUT2D eigenvalue weighted by Gasteiger charge is 1.96. The number of benzene rings is 1. The highest BCUT2D eigenvalue weighted by molar-refractivity contribution is 9.10. The van der Waals surface area contributed by atoms with Gasteiger partial charge < -0.3 is 4.57 Å². The van der Waals surface area contributed by atoms with Crippen molar-refractivity contribution < 1.29 is 0 Å². The zero-order chi connectivity index (χ0) is 10.7. The van der Waals surface area contributed by atoms with Gasteiger partial charge in [-0.1, -0.05) is 30.3 Å². The molecule has 0 saturated heterocycles. The highest BCUT2D eigenvalue weighted by atomic mass is 79.9. The third-order valence-electron chi connectivity index (χ3n) is 2.14. The van der Waals surface area contributed by atoms with Crippen molar-refractivity contribution in [3.8, 4) is 0 Å². The maximum absolute atomic E-state index is 11.2. The molecular weight excluding hydrogens is 254 g/mol. The van der Waals surface area contributed by atoms with Gasteiger partial charge in [0.1, 0.15) is 0 Å². The van der Waals surface area contributed by atoms with Crippen LogP contribution in [0.5, 0.6) is 0 Å². The predicted molar refractivity (Wildman–Crippen MR) is 63.9 cm³/mol. The van der Waals surface area contributed by atoms with E-state index in [4.69, 9.17) is 0 Å². The summed E-state index contributed by atoms with van der Waals surface area (Å²) in [6.07, 6.45) is 3.59. The van der Waals surface area contributed by atoms with Crippen molar-refractivity contribution in [3.63, 3.8) is 0 Å². The topological polar surface area (TPSA) is 22.0 Å². The molecule has 0 aliphatic rings. The van der Waals surface area contributed by atoms with Gasteiger partial charge in [0.15, 0.2) is 5.43 Å². The summed E-state index contributed by atoms with van der Waals surface area (Å²) >= 11 is 3.23. The Morgan fingerprint density at radius 2 is 1.87 bits per heavy atom. The molecule has 2 aromatic rings. The van der Waals surface area contributed by atoms with Gasteiger partial charge in [0, 0.05) is 25.0 Å². The molecule has 0 amide bonds. The van der Waals surface area contributed by atoms with Gasteiger partial charge in [-0.25, -0.2) is 0 Å². The van der Waals surface area contributed by atoms with Crippen molar-refractivity contribution in [2.45, 2.75) is 6.54 Å². The van der Waals surface area contributed by atoms with E-state index in [1.165, 1.54) is 5.56 Å². The lowest BCUT2D eigenvalue weighted by atomic mass is 10.2. The third kappa shape index (κ3) is 2.57. The summed E-state index contributed by atoms with van der Waals surface area (Å²) in [7, 11) is 0. The summed E-state index contributed by atoms with van der Waals surface area (Å²) in [5.74, 6) is 0. The zero-order valence-corrected chi connectivity index (χ0v) is 9.65. The van der Waals surface area contributed by atoms with E-state index in [0.717, 1.165) is 6.54 Å². The van der Waals surface area contributed by atoms with Gasteiger partial charge in [0.05, 0.1) is 4.47 Å². The second-order valence-electron chi connectivity index (χ2n) is 3.31. The van der Waals surface area contributed by atoms with E-state index in [1.807, 2.05) is 22.8 Å². The molecule has 3 heteroatoms. The lowest BCUT2D eigenvalue weighted by Gasteiger charge is -2.06. The van der Waals surface area contributed by atoms with Gasteiger partial charge in [-0.05, 0) is 21.5 Å². The molecular formula is C12H10BrNO. The van der Waals surface area contributed by atoms with E-state index in [9.17, 15) is 4.79 Å². The average molecular weight is 264 g/mol. The van der Waals surface area contributed by atoms with Crippen LogP contribution in [-0.4, -0.2) is 4.57 Å². The summed E-state index contributed by atoms with van der Waals surface area (Å²) in [6.45, 7) is 0.777. The molecule has 0 bridgehead atoms. The Balaban J connectivity index is 2.26. The SMILES string of the molecule is O=c1ccn(Cc2ccccc2)cc1Br. The molecule has 0 atom stereocenters. The molecule has 0 aliphatic carbocycles. The summed E-state index contributed by atoms with van der Waals surface area (Å²) in [5, 5.41) is 0. The Morgan fingerprint density at radius 3 is 2.53 bits per heavy atom. The summed E-state index contributed by atoms with van der Waals surface area (Å²) in [6, 6.07) is 11.7. The number of aromatic nitrogens is 1. The van der Waals surface area contributed by atoms with Crippen LogP contribution in [0.15, 0.2) is 58.1 Å². The number of nitrogens with zero attached hydrogens (tertiary/aromatic N) is 1. The largest absolute Gasteiger partial charge is 0.348 e. The molecule has 0 saturated carbocycles. The predicted octanol–water partition coefficient (Wildman–Crippen LogP) is 2.66. The van der Waals surface area contributed by atoms with Crippen LogP contribution in [0.2, 0.25) is 0 Å². The first-order valence-corrected chi connectivity index (χ1v) is 5.44. The number of halogens is 1. The first-order chi connectivity index (χ1) is 7.25. The van der Waals surface area contributed by atoms with Crippen molar-refractivity contribution >= 4 is 15.9 Å². The smallest absolute Gasteiger partial charge is 0.195 e. The second kappa shape index (κ2) is 4.45. The van der Waals surface area contributed by atoms with Crippen LogP contribution in [0.1, 0.15) is 5.56 Å². The summed E-state index contributed by atoms with van der Waals surface area (Å²) in [4.78, 5) is 11.2. The van der Waals surface area contributed by atoms with Crippen LogP contribution >= 0.6 is 15.9 Å². The standard InChI is InChI=1S/C12H10BrNO/c13-11-9-14(7-6-12(11)15)8-10-4-2-1-3-5-10/h1-7,9H,8H2. The van der Waals surface area contributed by atoms with Crippen molar-refractivity contribution in [2.75, 3.05) is 0 Å². The molecule has 2 rings (SSSR count). The molecule has 0 N–H and O–H groups in total. The average Bonchev–Trinajstić information content (AvgIpc) is 2.25. The lowest BCUT2D eigenvalue weighted by molar-refractivity contribution is 0.785. The minimum Gasteiger partial charge on any atom is -0.348 e. The fourth-order valence-corrected chi connectivity index (χ4v) is 1.78. The van der Waals surface area contributed by atoms with E-state index < -0.39 is 0 Å². The Labute approximate surface area is 96.3 Å². The lowest BCUT2D eigenvalue weighted by Crippen LogP contribution is -2.06. The van der Waals surface area contributed by atoms with Crippen LogP contribution < -0.4 is 5.43 Å². The molecule has 0 unspecified atom stereocenters. The second-order valence-corrected chi connectivity index (χ2v) is 4.17. The van der Waals surface area contributed by atoms with Gasteiger partial charge in [-0.15, -0.1) is 0 Å². The van der Waals surface area contributed by atoms with E-state index in [2.05, 4.69) is 28.1 Å². The first kappa shape index (κ1) is 10.2. The molecule has 0 spiro atoms. The maximum atomic E-state index is 11.2. The van der Waals surface area contributed by atoms with Crippen LogP contribution in [0.4, 0.5) is 0 Å². The Kier molecular flexibility index (Phi) is 3.02. The number of hydrogen-bond acceptors (Lipinski definition) is 1. The van der Waals surface area contributed by atoms with Crippen molar-refractivity contribution in [1.82, 2.24) is 4.57 Å². The third-order valence-corrected chi connectivity index (χ3v) is 2.74. The summed E-state index contributed by atoms with van der Waals surface area (Å²) < 4.78 is 2.57. The monoisotopic (exact) mass is 263 g/mol. The molecule has 76 valence electrons. The Morgan fingerprint density at radius 1 is 1.13 bits per heavy atom. The minimum absolute atomic E-state index is 0.0133. The van der Waals surface area contributed by atoms with Crippen molar-refractivity contribution in [2.24, 2.45) is 0 Å². The number of hydrogen-bond donors (Lipinski definition) is 0. The number of pyridine rings is 1. The maximum Gasteiger partial charge on any atom is 0.195 e. The van der Waals surface area contributed by atoms with Crippen LogP contribution in [0, 0.1) is 0 Å². The fourth-order valence-electron chi connectivity index (χ4n) is 1.39. The van der Waals surface area contributed by atoms with Crippen LogP contribution in [0.3, 0.4) is 0 Å². The van der Waals surface area contributed by atoms with Crippen LogP contribution in [0.25, 0.3) is 0 Å². The first-order valence-electron chi connectivity index (χ1n) is 4.65. The normalized spacial score (nSPS) is 10.2. The van der Waals surface area contributed by atoms with Gasteiger partial charge in [0.25, 0.3) is 0 Å². The van der Waals surface area contributed by atoms with E-state index in [1.54, 1.807) is 18.5 Å². The molecule has 0 fully saturated rings. The van der Waals surface area contributed by atoms with Gasteiger partial charge in [-0.2, -0.15) is 0 Å². The van der Waals surface area contributed by atoms with Crippen LogP contribution in [-0.2, 0) is 6.54 Å². The molecule has 15 heavy (non-hydrogen) atoms. The molecule has 0 aliphatic heterocycles. The Bertz CT molecular complexity index is 505. The van der Waals surface area contributed by atoms with Gasteiger partial charge in [0.2, 0.25) is 0 Å². The fraction of sp³-hybridized carbons (Fsp3) is 0.0833.